The van der Waals surface area contributed by atoms with Crippen molar-refractivity contribution in [3.8, 4) is 0 Å². The highest BCUT2D eigenvalue weighted by molar-refractivity contribution is 7.95. The van der Waals surface area contributed by atoms with Crippen molar-refractivity contribution in [2.75, 3.05) is 4.72 Å². The molecule has 1 aromatic rings. The van der Waals surface area contributed by atoms with E-state index in [0.717, 1.165) is 5.69 Å². The van der Waals surface area contributed by atoms with Crippen LogP contribution in [-0.2, 0) is 15.4 Å². The highest BCUT2D eigenvalue weighted by Crippen LogP contribution is 2.27. The molecule has 1 rings (SSSR count). The van der Waals surface area contributed by atoms with Crippen LogP contribution >= 0.6 is 23.6 Å². The van der Waals surface area contributed by atoms with E-state index in [4.69, 9.17) is 18.0 Å². The van der Waals surface area contributed by atoms with Gasteiger partial charge in [0.15, 0.2) is 5.13 Å². The quantitative estimate of drug-likeness (QED) is 0.813. The molecule has 0 aliphatic heterocycles. The first kappa shape index (κ1) is 16.3. The fraction of sp³-hybridized carbons (Fsp3) is 0.636. The third-order valence-corrected chi connectivity index (χ3v) is 5.70. The molecular formula is C11H19N3O2S3. The van der Waals surface area contributed by atoms with Crippen LogP contribution in [0.4, 0.5) is 5.13 Å². The Bertz CT molecular complexity index is 558. The van der Waals surface area contributed by atoms with Crippen molar-refractivity contribution >= 4 is 43.7 Å². The van der Waals surface area contributed by atoms with Gasteiger partial charge in [-0.05, 0) is 6.42 Å². The molecule has 0 saturated heterocycles. The second-order valence-electron chi connectivity index (χ2n) is 5.23. The minimum atomic E-state index is -3.63. The van der Waals surface area contributed by atoms with Crippen LogP contribution in [0.1, 0.15) is 39.8 Å². The summed E-state index contributed by atoms with van der Waals surface area (Å²) in [5.41, 5.74) is 6.19. The zero-order chi connectivity index (χ0) is 14.8. The first-order valence-electron chi connectivity index (χ1n) is 5.85. The van der Waals surface area contributed by atoms with Crippen molar-refractivity contribution in [2.45, 2.75) is 44.8 Å². The molecule has 0 fully saturated rings. The molecule has 0 aliphatic rings. The van der Waals surface area contributed by atoms with E-state index in [1.165, 1.54) is 11.3 Å². The summed E-state index contributed by atoms with van der Waals surface area (Å²) in [6.07, 6.45) is 0.335. The number of sulfonamides is 1. The average molecular weight is 321 g/mol. The molecule has 1 unspecified atom stereocenters. The summed E-state index contributed by atoms with van der Waals surface area (Å²) in [6, 6.07) is 0. The van der Waals surface area contributed by atoms with Gasteiger partial charge in [-0.15, -0.1) is 11.3 Å². The van der Waals surface area contributed by atoms with Crippen LogP contribution in [0.15, 0.2) is 5.38 Å². The Balaban J connectivity index is 2.96. The maximum atomic E-state index is 12.1. The van der Waals surface area contributed by atoms with Crippen LogP contribution in [-0.4, -0.2) is 23.6 Å². The highest BCUT2D eigenvalue weighted by atomic mass is 32.2. The Morgan fingerprint density at radius 3 is 2.53 bits per heavy atom. The molecule has 19 heavy (non-hydrogen) atoms. The number of aromatic nitrogens is 1. The molecular weight excluding hydrogens is 302 g/mol. The van der Waals surface area contributed by atoms with E-state index in [0.29, 0.717) is 11.6 Å². The van der Waals surface area contributed by atoms with Crippen molar-refractivity contribution < 1.29 is 8.42 Å². The molecule has 5 nitrogen and oxygen atoms in total. The molecule has 1 aromatic heterocycles. The standard InChI is InChI=1S/C11H19N3O2S3/c1-5-7(9(12)17)19(15,16)14-10-13-8(6-18-10)11(2,3)4/h6-7H,5H2,1-4H3,(H2,12,17)(H,13,14). The number of hydrogen-bond acceptors (Lipinski definition) is 5. The molecule has 0 spiro atoms. The van der Waals surface area contributed by atoms with E-state index in [1.807, 2.05) is 26.2 Å². The molecule has 108 valence electrons. The first-order valence-corrected chi connectivity index (χ1v) is 8.68. The summed E-state index contributed by atoms with van der Waals surface area (Å²) in [6.45, 7) is 7.78. The third-order valence-electron chi connectivity index (χ3n) is 2.56. The number of anilines is 1. The molecule has 0 amide bonds. The van der Waals surface area contributed by atoms with Crippen molar-refractivity contribution in [3.63, 3.8) is 0 Å². The number of nitrogens with one attached hydrogen (secondary N) is 1. The maximum Gasteiger partial charge on any atom is 0.243 e. The number of thiocarbonyl (C=S) groups is 1. The van der Waals surface area contributed by atoms with Crippen molar-refractivity contribution in [2.24, 2.45) is 5.73 Å². The highest BCUT2D eigenvalue weighted by Gasteiger charge is 2.28. The molecule has 0 saturated carbocycles. The van der Waals surface area contributed by atoms with Gasteiger partial charge in [0.05, 0.1) is 10.7 Å². The molecule has 0 bridgehead atoms. The molecule has 8 heteroatoms. The number of thiazole rings is 1. The lowest BCUT2D eigenvalue weighted by atomic mass is 9.93. The third kappa shape index (κ3) is 4.12. The van der Waals surface area contributed by atoms with Gasteiger partial charge in [-0.3, -0.25) is 4.72 Å². The van der Waals surface area contributed by atoms with Gasteiger partial charge in [0.2, 0.25) is 10.0 Å². The van der Waals surface area contributed by atoms with Gasteiger partial charge in [0, 0.05) is 10.8 Å². The number of hydrogen-bond donors (Lipinski definition) is 2. The van der Waals surface area contributed by atoms with Crippen LogP contribution < -0.4 is 10.5 Å². The van der Waals surface area contributed by atoms with E-state index in [2.05, 4.69) is 9.71 Å². The molecule has 0 aliphatic carbocycles. The van der Waals surface area contributed by atoms with E-state index in [-0.39, 0.29) is 10.4 Å². The van der Waals surface area contributed by atoms with Crippen LogP contribution in [0.25, 0.3) is 0 Å². The SMILES string of the molecule is CCC(C(N)=S)S(=O)(=O)Nc1nc(C(C)(C)C)cs1. The fourth-order valence-corrected chi connectivity index (χ4v) is 4.48. The lowest BCUT2D eigenvalue weighted by molar-refractivity contribution is 0.573. The number of rotatable bonds is 5. The Kier molecular flexibility index (Phi) is 4.91. The molecule has 0 radical (unpaired) electrons. The van der Waals surface area contributed by atoms with Gasteiger partial charge in [-0.1, -0.05) is 39.9 Å². The molecule has 3 N–H and O–H groups in total. The van der Waals surface area contributed by atoms with E-state index in [1.54, 1.807) is 6.92 Å². The fourth-order valence-electron chi connectivity index (χ4n) is 1.43. The molecule has 1 heterocycles. The van der Waals surface area contributed by atoms with Crippen LogP contribution in [0.3, 0.4) is 0 Å². The monoisotopic (exact) mass is 321 g/mol. The zero-order valence-electron chi connectivity index (χ0n) is 11.4. The zero-order valence-corrected chi connectivity index (χ0v) is 13.9. The Morgan fingerprint density at radius 1 is 1.58 bits per heavy atom. The Labute approximate surface area is 123 Å². The largest absolute Gasteiger partial charge is 0.392 e. The summed E-state index contributed by atoms with van der Waals surface area (Å²) in [5.74, 6) is 0. The lowest BCUT2D eigenvalue weighted by Gasteiger charge is -2.15. The van der Waals surface area contributed by atoms with Crippen molar-refractivity contribution in [3.05, 3.63) is 11.1 Å². The van der Waals surface area contributed by atoms with Crippen molar-refractivity contribution in [1.82, 2.24) is 4.98 Å². The smallest absolute Gasteiger partial charge is 0.243 e. The predicted octanol–water partition coefficient (Wildman–Crippen LogP) is 2.25. The molecule has 1 atom stereocenters. The van der Waals surface area contributed by atoms with E-state index < -0.39 is 15.3 Å². The van der Waals surface area contributed by atoms with Crippen LogP contribution in [0.5, 0.6) is 0 Å². The second-order valence-corrected chi connectivity index (χ2v) is 8.43. The van der Waals surface area contributed by atoms with E-state index >= 15 is 0 Å². The topological polar surface area (TPSA) is 85.1 Å². The normalized spacial score (nSPS) is 14.1. The molecule has 0 aromatic carbocycles. The minimum Gasteiger partial charge on any atom is -0.392 e. The summed E-state index contributed by atoms with van der Waals surface area (Å²) in [5, 5.41) is 1.32. The van der Waals surface area contributed by atoms with Gasteiger partial charge in [0.1, 0.15) is 5.25 Å². The van der Waals surface area contributed by atoms with Gasteiger partial charge < -0.3 is 5.73 Å². The van der Waals surface area contributed by atoms with Gasteiger partial charge >= 0.3 is 0 Å². The predicted molar refractivity (Wildman–Crippen MR) is 84.2 cm³/mol. The summed E-state index contributed by atoms with van der Waals surface area (Å²) in [7, 11) is -3.63. The van der Waals surface area contributed by atoms with Crippen LogP contribution in [0, 0.1) is 0 Å². The van der Waals surface area contributed by atoms with Crippen LogP contribution in [0.2, 0.25) is 0 Å². The van der Waals surface area contributed by atoms with Gasteiger partial charge in [-0.2, -0.15) is 0 Å². The summed E-state index contributed by atoms with van der Waals surface area (Å²) in [4.78, 5) is 4.26. The Hall–Kier alpha value is -0.730. The average Bonchev–Trinajstić information content (AvgIpc) is 2.64. The van der Waals surface area contributed by atoms with Gasteiger partial charge in [0.25, 0.3) is 0 Å². The summed E-state index contributed by atoms with van der Waals surface area (Å²) < 4.78 is 26.7. The van der Waals surface area contributed by atoms with Gasteiger partial charge in [-0.25, -0.2) is 13.4 Å². The second kappa shape index (κ2) is 5.72. The number of nitrogens with zero attached hydrogens (tertiary/aromatic N) is 1. The van der Waals surface area contributed by atoms with E-state index in [9.17, 15) is 8.42 Å². The maximum absolute atomic E-state index is 12.1. The lowest BCUT2D eigenvalue weighted by Crippen LogP contribution is -2.37. The number of nitrogens with two attached hydrogens (primary N) is 1. The van der Waals surface area contributed by atoms with Crippen molar-refractivity contribution in [1.29, 1.82) is 0 Å². The minimum absolute atomic E-state index is 0.0254. The summed E-state index contributed by atoms with van der Waals surface area (Å²) >= 11 is 6.04. The Morgan fingerprint density at radius 2 is 2.16 bits per heavy atom. The first-order chi connectivity index (χ1) is 8.58.